The van der Waals surface area contributed by atoms with E-state index in [1.807, 2.05) is 6.07 Å². The summed E-state index contributed by atoms with van der Waals surface area (Å²) in [7, 11) is 0. The fraction of sp³-hybridized carbons (Fsp3) is 0.0714. The molecule has 0 saturated heterocycles. The van der Waals surface area contributed by atoms with Gasteiger partial charge in [0.15, 0.2) is 0 Å². The van der Waals surface area contributed by atoms with Gasteiger partial charge in [-0.25, -0.2) is 4.79 Å². The van der Waals surface area contributed by atoms with Gasteiger partial charge in [0.05, 0.1) is 5.39 Å². The first kappa shape index (κ1) is 12.7. The minimum Gasteiger partial charge on any atom is -0.508 e. The number of benzene rings is 2. The van der Waals surface area contributed by atoms with Gasteiger partial charge < -0.3 is 9.52 Å². The van der Waals surface area contributed by atoms with Crippen molar-refractivity contribution in [1.29, 1.82) is 0 Å². The summed E-state index contributed by atoms with van der Waals surface area (Å²) in [6.07, 6.45) is 0. The molecule has 96 valence electrons. The van der Waals surface area contributed by atoms with Gasteiger partial charge in [0.25, 0.3) is 0 Å². The normalized spacial score (nSPS) is 11.3. The quantitative estimate of drug-likeness (QED) is 0.459. The Bertz CT molecular complexity index is 881. The zero-order valence-electron chi connectivity index (χ0n) is 9.83. The van der Waals surface area contributed by atoms with Crippen LogP contribution in [0.3, 0.4) is 0 Å². The summed E-state index contributed by atoms with van der Waals surface area (Å²) in [4.78, 5) is 12.1. The van der Waals surface area contributed by atoms with Crippen LogP contribution in [0.1, 0.15) is 5.56 Å². The molecule has 0 aliphatic heterocycles. The molecule has 0 unspecified atom stereocenters. The van der Waals surface area contributed by atoms with Gasteiger partial charge in [0.2, 0.25) is 0 Å². The van der Waals surface area contributed by atoms with Crippen molar-refractivity contribution in [2.75, 3.05) is 0 Å². The predicted octanol–water partition coefficient (Wildman–Crippen LogP) is 4.49. The van der Waals surface area contributed by atoms with Gasteiger partial charge >= 0.3 is 5.63 Å². The summed E-state index contributed by atoms with van der Waals surface area (Å²) in [5.74, 6) is 0.115. The Balaban J connectivity index is 2.68. The van der Waals surface area contributed by atoms with Crippen molar-refractivity contribution >= 4 is 53.6 Å². The second kappa shape index (κ2) is 4.35. The molecule has 2 aromatic carbocycles. The van der Waals surface area contributed by atoms with E-state index in [1.165, 1.54) is 0 Å². The van der Waals surface area contributed by atoms with Crippen molar-refractivity contribution in [3.8, 4) is 5.75 Å². The molecule has 0 bridgehead atoms. The van der Waals surface area contributed by atoms with E-state index in [0.717, 1.165) is 15.2 Å². The number of hydrogen-bond acceptors (Lipinski definition) is 3. The van der Waals surface area contributed by atoms with Crippen molar-refractivity contribution in [3.63, 3.8) is 0 Å². The molecule has 0 saturated carbocycles. The molecule has 1 N–H and O–H groups in total. The van der Waals surface area contributed by atoms with Crippen molar-refractivity contribution < 1.29 is 9.52 Å². The molecule has 3 aromatic rings. The van der Waals surface area contributed by atoms with Crippen molar-refractivity contribution in [2.24, 2.45) is 0 Å². The largest absolute Gasteiger partial charge is 0.508 e. The summed E-state index contributed by atoms with van der Waals surface area (Å²) >= 11 is 6.79. The summed E-state index contributed by atoms with van der Waals surface area (Å²) in [5, 5.41) is 11.8. The Hall–Kier alpha value is -1.33. The van der Waals surface area contributed by atoms with Crippen LogP contribution in [-0.2, 0) is 0 Å². The molecular weight excluding hydrogens is 376 g/mol. The number of halogens is 2. The maximum atomic E-state index is 12.1. The Morgan fingerprint density at radius 2 is 1.89 bits per heavy atom. The Labute approximate surface area is 125 Å². The van der Waals surface area contributed by atoms with Crippen LogP contribution >= 0.6 is 31.9 Å². The van der Waals surface area contributed by atoms with Gasteiger partial charge in [0.1, 0.15) is 11.3 Å². The van der Waals surface area contributed by atoms with Crippen LogP contribution in [0, 0.1) is 6.92 Å². The second-order valence-electron chi connectivity index (χ2n) is 4.29. The van der Waals surface area contributed by atoms with Gasteiger partial charge in [-0.05, 0) is 47.1 Å². The van der Waals surface area contributed by atoms with E-state index in [2.05, 4.69) is 31.9 Å². The fourth-order valence-electron chi connectivity index (χ4n) is 2.16. The van der Waals surface area contributed by atoms with Gasteiger partial charge in [-0.3, -0.25) is 0 Å². The summed E-state index contributed by atoms with van der Waals surface area (Å²) < 4.78 is 6.89. The van der Waals surface area contributed by atoms with Crippen LogP contribution in [0.5, 0.6) is 5.75 Å². The molecule has 0 fully saturated rings. The summed E-state index contributed by atoms with van der Waals surface area (Å²) in [6.45, 7) is 1.72. The highest BCUT2D eigenvalue weighted by Gasteiger charge is 2.14. The molecule has 3 nitrogen and oxygen atoms in total. The van der Waals surface area contributed by atoms with Gasteiger partial charge in [-0.2, -0.15) is 0 Å². The van der Waals surface area contributed by atoms with E-state index >= 15 is 0 Å². The first-order valence-corrected chi connectivity index (χ1v) is 7.12. The van der Waals surface area contributed by atoms with E-state index in [-0.39, 0.29) is 5.75 Å². The second-order valence-corrected chi connectivity index (χ2v) is 6.06. The zero-order valence-corrected chi connectivity index (χ0v) is 13.0. The average molecular weight is 384 g/mol. The van der Waals surface area contributed by atoms with Crippen molar-refractivity contribution in [1.82, 2.24) is 0 Å². The molecule has 3 rings (SSSR count). The number of fused-ring (bicyclic) bond motifs is 3. The number of phenolic OH excluding ortho intramolecular Hbond substituents is 1. The molecule has 0 aliphatic carbocycles. The smallest absolute Gasteiger partial charge is 0.345 e. The Morgan fingerprint density at radius 3 is 2.63 bits per heavy atom. The average Bonchev–Trinajstić information content (AvgIpc) is 2.33. The maximum Gasteiger partial charge on any atom is 0.345 e. The third kappa shape index (κ3) is 1.88. The monoisotopic (exact) mass is 382 g/mol. The van der Waals surface area contributed by atoms with E-state index < -0.39 is 5.63 Å². The molecule has 19 heavy (non-hydrogen) atoms. The lowest BCUT2D eigenvalue weighted by Crippen LogP contribution is -2.01. The minimum atomic E-state index is -0.421. The Morgan fingerprint density at radius 1 is 1.16 bits per heavy atom. The molecule has 0 radical (unpaired) electrons. The molecule has 0 aliphatic rings. The molecular formula is C14H8Br2O3. The van der Waals surface area contributed by atoms with Crippen molar-refractivity contribution in [2.45, 2.75) is 6.92 Å². The van der Waals surface area contributed by atoms with E-state index in [4.69, 9.17) is 4.42 Å². The van der Waals surface area contributed by atoms with Gasteiger partial charge in [-0.15, -0.1) is 0 Å². The van der Waals surface area contributed by atoms with E-state index in [1.54, 1.807) is 25.1 Å². The van der Waals surface area contributed by atoms with Gasteiger partial charge in [-0.1, -0.05) is 15.9 Å². The highest BCUT2D eigenvalue weighted by Crippen LogP contribution is 2.34. The predicted molar refractivity (Wildman–Crippen MR) is 81.8 cm³/mol. The lowest BCUT2D eigenvalue weighted by molar-refractivity contribution is 0.468. The SMILES string of the molecule is Cc1c(O)ccc2c1oc(=O)c1c(Br)cc(Br)cc12. The Kier molecular flexibility index (Phi) is 2.91. The third-order valence-corrected chi connectivity index (χ3v) is 4.20. The first-order chi connectivity index (χ1) is 8.99. The van der Waals surface area contributed by atoms with Crippen LogP contribution < -0.4 is 5.63 Å². The van der Waals surface area contributed by atoms with Gasteiger partial charge in [0, 0.05) is 25.3 Å². The van der Waals surface area contributed by atoms with Crippen LogP contribution in [0.4, 0.5) is 0 Å². The fourth-order valence-corrected chi connectivity index (χ4v) is 3.55. The van der Waals surface area contributed by atoms with Crippen LogP contribution in [-0.4, -0.2) is 5.11 Å². The minimum absolute atomic E-state index is 0.115. The number of aromatic hydroxyl groups is 1. The van der Waals surface area contributed by atoms with Crippen LogP contribution in [0.2, 0.25) is 0 Å². The molecule has 0 atom stereocenters. The van der Waals surface area contributed by atoms with E-state index in [9.17, 15) is 9.90 Å². The van der Waals surface area contributed by atoms with Crippen molar-refractivity contribution in [3.05, 3.63) is 49.2 Å². The number of rotatable bonds is 0. The molecule has 1 heterocycles. The summed E-state index contributed by atoms with van der Waals surface area (Å²) in [5.41, 5.74) is 0.561. The summed E-state index contributed by atoms with van der Waals surface area (Å²) in [6, 6.07) is 7.03. The highest BCUT2D eigenvalue weighted by atomic mass is 79.9. The maximum absolute atomic E-state index is 12.1. The van der Waals surface area contributed by atoms with Crippen LogP contribution in [0.25, 0.3) is 21.7 Å². The van der Waals surface area contributed by atoms with Crippen LogP contribution in [0.15, 0.2) is 42.4 Å². The number of hydrogen-bond donors (Lipinski definition) is 1. The first-order valence-electron chi connectivity index (χ1n) is 5.53. The standard InChI is InChI=1S/C14H8Br2O3/c1-6-11(17)3-2-8-9-4-7(15)5-10(16)12(9)14(18)19-13(6)8/h2-5,17H,1H3. The highest BCUT2D eigenvalue weighted by molar-refractivity contribution is 9.11. The van der Waals surface area contributed by atoms with E-state index in [0.29, 0.717) is 21.0 Å². The molecule has 5 heteroatoms. The molecule has 0 spiro atoms. The lowest BCUT2D eigenvalue weighted by atomic mass is 10.0. The topological polar surface area (TPSA) is 50.4 Å². The third-order valence-electron chi connectivity index (χ3n) is 3.12. The number of aryl methyl sites for hydroxylation is 1. The number of phenols is 1. The molecule has 1 aromatic heterocycles. The lowest BCUT2D eigenvalue weighted by Gasteiger charge is -2.07. The molecule has 0 amide bonds. The zero-order chi connectivity index (χ0) is 13.7.